The number of hydrogen-bond acceptors (Lipinski definition) is 6. The second-order valence-corrected chi connectivity index (χ2v) is 7.49. The zero-order valence-corrected chi connectivity index (χ0v) is 16.8. The molecule has 1 aromatic heterocycles. The van der Waals surface area contributed by atoms with Gasteiger partial charge in [-0.1, -0.05) is 35.0 Å². The highest BCUT2D eigenvalue weighted by atomic mass is 16.5. The molecule has 2 atom stereocenters. The van der Waals surface area contributed by atoms with Crippen molar-refractivity contribution in [1.29, 1.82) is 0 Å². The van der Waals surface area contributed by atoms with Gasteiger partial charge in [0.05, 0.1) is 18.3 Å². The van der Waals surface area contributed by atoms with Gasteiger partial charge in [0.1, 0.15) is 6.04 Å². The molecule has 2 aromatic rings. The molecule has 9 nitrogen and oxygen atoms in total. The Morgan fingerprint density at radius 2 is 2.03 bits per heavy atom. The Morgan fingerprint density at radius 3 is 2.66 bits per heavy atom. The number of hydrogen-bond donors (Lipinski definition) is 1. The monoisotopic (exact) mass is 396 g/mol. The molecule has 1 N–H and O–H groups in total. The van der Waals surface area contributed by atoms with Gasteiger partial charge in [-0.15, -0.1) is 0 Å². The third-order valence-electron chi connectivity index (χ3n) is 5.21. The van der Waals surface area contributed by atoms with E-state index in [1.165, 1.54) is 5.01 Å². The molecule has 29 heavy (non-hydrogen) atoms. The Morgan fingerprint density at radius 1 is 1.28 bits per heavy atom. The van der Waals surface area contributed by atoms with Crippen LogP contribution < -0.4 is 5.32 Å². The van der Waals surface area contributed by atoms with Gasteiger partial charge in [-0.3, -0.25) is 4.79 Å². The molecular weight excluding hydrogens is 372 g/mol. The van der Waals surface area contributed by atoms with Gasteiger partial charge in [0.15, 0.2) is 5.82 Å². The van der Waals surface area contributed by atoms with Gasteiger partial charge in [0.25, 0.3) is 0 Å². The first-order chi connectivity index (χ1) is 13.9. The van der Waals surface area contributed by atoms with Gasteiger partial charge in [-0.2, -0.15) is 10.1 Å². The molecule has 4 rings (SSSR count). The summed E-state index contributed by atoms with van der Waals surface area (Å²) >= 11 is 0. The van der Waals surface area contributed by atoms with E-state index in [2.05, 4.69) is 20.6 Å². The molecule has 1 aromatic carbocycles. The summed E-state index contributed by atoms with van der Waals surface area (Å²) in [6.07, 6.45) is 1.37. The summed E-state index contributed by atoms with van der Waals surface area (Å²) < 4.78 is 5.12. The summed E-state index contributed by atoms with van der Waals surface area (Å²) in [5.41, 5.74) is 2.78. The Bertz CT molecular complexity index is 951. The third-order valence-corrected chi connectivity index (χ3v) is 5.21. The molecule has 0 saturated carbocycles. The standard InChI is InChI=1S/C20H24N6O3/c1-12-6-8-15(9-7-12)18-16(25-10-4-5-17(25)27)11-26(23-18)20(28)21-13(2)19-22-14(3)24-29-19/h6-9,13,16H,4-5,10-11H2,1-3H3,(H,21,28)/t13?,16-/m0/s1. The van der Waals surface area contributed by atoms with Crippen molar-refractivity contribution in [2.75, 3.05) is 13.1 Å². The number of rotatable bonds is 4. The predicted molar refractivity (Wildman–Crippen MR) is 105 cm³/mol. The summed E-state index contributed by atoms with van der Waals surface area (Å²) in [6, 6.07) is 6.90. The van der Waals surface area contributed by atoms with Crippen molar-refractivity contribution >= 4 is 17.6 Å². The highest BCUT2D eigenvalue weighted by Gasteiger charge is 2.39. The number of carbonyl (C=O) groups excluding carboxylic acids is 2. The van der Waals surface area contributed by atoms with Gasteiger partial charge in [-0.05, 0) is 32.8 Å². The molecule has 1 fully saturated rings. The fourth-order valence-corrected chi connectivity index (χ4v) is 3.65. The summed E-state index contributed by atoms with van der Waals surface area (Å²) in [5.74, 6) is 0.949. The van der Waals surface area contributed by atoms with Crippen LogP contribution in [-0.4, -0.2) is 56.8 Å². The van der Waals surface area contributed by atoms with E-state index >= 15 is 0 Å². The van der Waals surface area contributed by atoms with Crippen LogP contribution in [0.1, 0.15) is 48.6 Å². The van der Waals surface area contributed by atoms with Crippen molar-refractivity contribution in [1.82, 2.24) is 25.4 Å². The van der Waals surface area contributed by atoms with Gasteiger partial charge < -0.3 is 14.7 Å². The minimum absolute atomic E-state index is 0.103. The average molecular weight is 396 g/mol. The summed E-state index contributed by atoms with van der Waals surface area (Å²) in [4.78, 5) is 31.2. The molecule has 0 radical (unpaired) electrons. The van der Waals surface area contributed by atoms with E-state index in [0.717, 1.165) is 23.3 Å². The van der Waals surface area contributed by atoms with E-state index in [4.69, 9.17) is 4.52 Å². The maximum absolute atomic E-state index is 12.8. The van der Waals surface area contributed by atoms with Crippen LogP contribution in [0.25, 0.3) is 0 Å². The van der Waals surface area contributed by atoms with E-state index in [-0.39, 0.29) is 18.0 Å². The van der Waals surface area contributed by atoms with Crippen molar-refractivity contribution in [3.8, 4) is 0 Å². The maximum atomic E-state index is 12.8. The van der Waals surface area contributed by atoms with Crippen molar-refractivity contribution < 1.29 is 14.1 Å². The minimum Gasteiger partial charge on any atom is -0.337 e. The van der Waals surface area contributed by atoms with Crippen LogP contribution in [0.15, 0.2) is 33.9 Å². The molecule has 0 aliphatic carbocycles. The van der Waals surface area contributed by atoms with Crippen LogP contribution in [0.5, 0.6) is 0 Å². The quantitative estimate of drug-likeness (QED) is 0.853. The number of aromatic nitrogens is 2. The molecule has 9 heteroatoms. The molecule has 3 heterocycles. The lowest BCUT2D eigenvalue weighted by Crippen LogP contribution is -2.46. The first-order valence-corrected chi connectivity index (χ1v) is 9.75. The number of urea groups is 1. The second-order valence-electron chi connectivity index (χ2n) is 7.49. The van der Waals surface area contributed by atoms with Crippen LogP contribution in [0.2, 0.25) is 0 Å². The number of nitrogens with zero attached hydrogens (tertiary/aromatic N) is 5. The highest BCUT2D eigenvalue weighted by Crippen LogP contribution is 2.24. The predicted octanol–water partition coefficient (Wildman–Crippen LogP) is 2.17. The van der Waals surface area contributed by atoms with Crippen molar-refractivity contribution in [2.24, 2.45) is 5.10 Å². The highest BCUT2D eigenvalue weighted by molar-refractivity contribution is 6.08. The Balaban J connectivity index is 1.56. The number of nitrogens with one attached hydrogen (secondary N) is 1. The molecule has 0 bridgehead atoms. The number of aryl methyl sites for hydroxylation is 2. The fourth-order valence-electron chi connectivity index (χ4n) is 3.65. The molecule has 3 amide bonds. The molecule has 152 valence electrons. The number of benzene rings is 1. The molecule has 0 spiro atoms. The summed E-state index contributed by atoms with van der Waals surface area (Å²) in [7, 11) is 0. The SMILES string of the molecule is Cc1ccc(C2=NN(C(=O)NC(C)c3nc(C)no3)C[C@@H]2N2CCCC2=O)cc1. The zero-order valence-electron chi connectivity index (χ0n) is 16.8. The average Bonchev–Trinajstić information content (AvgIpc) is 3.41. The van der Waals surface area contributed by atoms with E-state index in [0.29, 0.717) is 31.2 Å². The van der Waals surface area contributed by atoms with Crippen molar-refractivity contribution in [3.05, 3.63) is 47.1 Å². The maximum Gasteiger partial charge on any atom is 0.338 e. The Hall–Kier alpha value is -3.23. The van der Waals surface area contributed by atoms with Gasteiger partial charge in [0, 0.05) is 13.0 Å². The number of carbonyl (C=O) groups is 2. The van der Waals surface area contributed by atoms with Gasteiger partial charge >= 0.3 is 6.03 Å². The smallest absolute Gasteiger partial charge is 0.337 e. The first kappa shape index (κ1) is 19.1. The molecule has 1 saturated heterocycles. The Kier molecular flexibility index (Phi) is 5.04. The van der Waals surface area contributed by atoms with E-state index in [9.17, 15) is 9.59 Å². The van der Waals surface area contributed by atoms with Crippen LogP contribution in [0.3, 0.4) is 0 Å². The van der Waals surface area contributed by atoms with E-state index in [1.54, 1.807) is 13.8 Å². The van der Waals surface area contributed by atoms with Gasteiger partial charge in [-0.25, -0.2) is 9.80 Å². The fraction of sp³-hybridized carbons (Fsp3) is 0.450. The minimum atomic E-state index is -0.450. The second kappa shape index (κ2) is 7.65. The lowest BCUT2D eigenvalue weighted by Gasteiger charge is -2.25. The van der Waals surface area contributed by atoms with Crippen LogP contribution in [0, 0.1) is 13.8 Å². The number of amides is 3. The van der Waals surface area contributed by atoms with Crippen LogP contribution in [0.4, 0.5) is 4.79 Å². The van der Waals surface area contributed by atoms with E-state index in [1.807, 2.05) is 36.1 Å². The number of likely N-dealkylation sites (tertiary alicyclic amines) is 1. The Labute approximate surface area is 168 Å². The topological polar surface area (TPSA) is 104 Å². The van der Waals surface area contributed by atoms with Crippen LogP contribution in [-0.2, 0) is 4.79 Å². The van der Waals surface area contributed by atoms with Crippen molar-refractivity contribution in [3.63, 3.8) is 0 Å². The normalized spacial score (nSPS) is 20.2. The summed E-state index contributed by atoms with van der Waals surface area (Å²) in [5, 5.41) is 12.5. The first-order valence-electron chi connectivity index (χ1n) is 9.75. The molecular formula is C20H24N6O3. The number of hydrazone groups is 1. The molecule has 2 aliphatic rings. The third kappa shape index (κ3) is 3.85. The van der Waals surface area contributed by atoms with Gasteiger partial charge in [0.2, 0.25) is 11.8 Å². The lowest BCUT2D eigenvalue weighted by atomic mass is 10.0. The largest absolute Gasteiger partial charge is 0.338 e. The van der Waals surface area contributed by atoms with Crippen molar-refractivity contribution in [2.45, 2.75) is 45.7 Å². The summed E-state index contributed by atoms with van der Waals surface area (Å²) in [6.45, 7) is 6.50. The lowest BCUT2D eigenvalue weighted by molar-refractivity contribution is -0.128. The zero-order chi connectivity index (χ0) is 20.5. The molecule has 1 unspecified atom stereocenters. The van der Waals surface area contributed by atoms with Crippen LogP contribution >= 0.6 is 0 Å². The molecule has 2 aliphatic heterocycles. The van der Waals surface area contributed by atoms with E-state index < -0.39 is 6.04 Å².